The third-order valence-corrected chi connectivity index (χ3v) is 4.10. The number of carbonyl (C=O) groups is 1. The van der Waals surface area contributed by atoms with Gasteiger partial charge in [0.25, 0.3) is 5.91 Å². The lowest BCUT2D eigenvalue weighted by atomic mass is 9.97. The monoisotopic (exact) mass is 321 g/mol. The Kier molecular flexibility index (Phi) is 7.36. The molecular weight excluding hydrogens is 294 g/mol. The van der Waals surface area contributed by atoms with Gasteiger partial charge < -0.3 is 19.1 Å². The Morgan fingerprint density at radius 3 is 2.48 bits per heavy atom. The summed E-state index contributed by atoms with van der Waals surface area (Å²) in [5, 5.41) is 0. The van der Waals surface area contributed by atoms with Gasteiger partial charge in [-0.1, -0.05) is 0 Å². The van der Waals surface area contributed by atoms with Crippen LogP contribution in [0.1, 0.15) is 30.1 Å². The van der Waals surface area contributed by atoms with E-state index in [-0.39, 0.29) is 5.91 Å². The maximum atomic E-state index is 12.5. The number of ether oxygens (including phenoxy) is 3. The van der Waals surface area contributed by atoms with Crippen molar-refractivity contribution in [2.24, 2.45) is 5.92 Å². The van der Waals surface area contributed by atoms with Gasteiger partial charge in [-0.2, -0.15) is 0 Å². The number of hydrogen-bond acceptors (Lipinski definition) is 4. The molecule has 1 aliphatic rings. The Labute approximate surface area is 138 Å². The zero-order chi connectivity index (χ0) is 16.5. The average molecular weight is 321 g/mol. The van der Waals surface area contributed by atoms with Gasteiger partial charge in [0.05, 0.1) is 19.8 Å². The standard InChI is InChI=1S/C18H27NO4/c1-3-23-17-6-4-16(5-7-17)18(20)19-10-8-15(9-11-19)14-22-13-12-21-2/h4-7,15H,3,8-14H2,1-2H3. The van der Waals surface area contributed by atoms with E-state index in [1.807, 2.05) is 36.1 Å². The fourth-order valence-corrected chi connectivity index (χ4v) is 2.74. The molecule has 0 atom stereocenters. The van der Waals surface area contributed by atoms with Crippen LogP contribution in [0.25, 0.3) is 0 Å². The van der Waals surface area contributed by atoms with Crippen molar-refractivity contribution in [3.63, 3.8) is 0 Å². The molecule has 0 radical (unpaired) electrons. The summed E-state index contributed by atoms with van der Waals surface area (Å²) in [6.45, 7) is 6.20. The lowest BCUT2D eigenvalue weighted by Crippen LogP contribution is -2.39. The lowest BCUT2D eigenvalue weighted by Gasteiger charge is -2.32. The van der Waals surface area contributed by atoms with E-state index in [9.17, 15) is 4.79 Å². The topological polar surface area (TPSA) is 48.0 Å². The number of rotatable bonds is 8. The van der Waals surface area contributed by atoms with Gasteiger partial charge >= 0.3 is 0 Å². The van der Waals surface area contributed by atoms with Gasteiger partial charge in [-0.3, -0.25) is 4.79 Å². The highest BCUT2D eigenvalue weighted by Gasteiger charge is 2.23. The Morgan fingerprint density at radius 2 is 1.87 bits per heavy atom. The van der Waals surface area contributed by atoms with Crippen LogP contribution in [0, 0.1) is 5.92 Å². The predicted octanol–water partition coefficient (Wildman–Crippen LogP) is 2.60. The largest absolute Gasteiger partial charge is 0.494 e. The number of methoxy groups -OCH3 is 1. The van der Waals surface area contributed by atoms with E-state index in [1.165, 1.54) is 0 Å². The van der Waals surface area contributed by atoms with Crippen LogP contribution in [-0.2, 0) is 9.47 Å². The molecule has 128 valence electrons. The minimum Gasteiger partial charge on any atom is -0.494 e. The van der Waals surface area contributed by atoms with E-state index in [2.05, 4.69) is 0 Å². The number of nitrogens with zero attached hydrogens (tertiary/aromatic N) is 1. The smallest absolute Gasteiger partial charge is 0.253 e. The van der Waals surface area contributed by atoms with E-state index in [0.717, 1.165) is 43.9 Å². The van der Waals surface area contributed by atoms with Crippen LogP contribution >= 0.6 is 0 Å². The van der Waals surface area contributed by atoms with E-state index >= 15 is 0 Å². The quantitative estimate of drug-likeness (QED) is 0.691. The summed E-state index contributed by atoms with van der Waals surface area (Å²) in [6.07, 6.45) is 1.99. The highest BCUT2D eigenvalue weighted by atomic mass is 16.5. The molecule has 5 heteroatoms. The van der Waals surface area contributed by atoms with E-state index in [0.29, 0.717) is 25.7 Å². The Morgan fingerprint density at radius 1 is 1.17 bits per heavy atom. The van der Waals surface area contributed by atoms with Crippen LogP contribution in [-0.4, -0.2) is 57.4 Å². The molecule has 1 aliphatic heterocycles. The van der Waals surface area contributed by atoms with E-state index in [4.69, 9.17) is 14.2 Å². The molecule has 0 bridgehead atoms. The Bertz CT molecular complexity index is 466. The van der Waals surface area contributed by atoms with Gasteiger partial charge in [-0.05, 0) is 49.9 Å². The molecular formula is C18H27NO4. The second-order valence-corrected chi connectivity index (χ2v) is 5.76. The van der Waals surface area contributed by atoms with Crippen molar-refractivity contribution in [2.45, 2.75) is 19.8 Å². The summed E-state index contributed by atoms with van der Waals surface area (Å²) in [6, 6.07) is 7.39. The summed E-state index contributed by atoms with van der Waals surface area (Å²) in [5.74, 6) is 1.44. The third kappa shape index (κ3) is 5.52. The number of carbonyl (C=O) groups excluding carboxylic acids is 1. The molecule has 1 amide bonds. The molecule has 1 aromatic rings. The van der Waals surface area contributed by atoms with Crippen molar-refractivity contribution in [3.8, 4) is 5.75 Å². The average Bonchev–Trinajstić information content (AvgIpc) is 2.60. The van der Waals surface area contributed by atoms with E-state index < -0.39 is 0 Å². The highest BCUT2D eigenvalue weighted by molar-refractivity contribution is 5.94. The molecule has 0 unspecified atom stereocenters. The van der Waals surface area contributed by atoms with Crippen LogP contribution in [0.4, 0.5) is 0 Å². The van der Waals surface area contributed by atoms with Gasteiger partial charge in [0, 0.05) is 32.4 Å². The van der Waals surface area contributed by atoms with Crippen molar-refractivity contribution in [3.05, 3.63) is 29.8 Å². The molecule has 0 spiro atoms. The predicted molar refractivity (Wildman–Crippen MR) is 88.9 cm³/mol. The van der Waals surface area contributed by atoms with Crippen LogP contribution in [0.2, 0.25) is 0 Å². The first-order valence-electron chi connectivity index (χ1n) is 8.33. The molecule has 1 heterocycles. The number of piperidine rings is 1. The second kappa shape index (κ2) is 9.53. The molecule has 1 aromatic carbocycles. The van der Waals surface area contributed by atoms with Crippen LogP contribution in [0.15, 0.2) is 24.3 Å². The SMILES string of the molecule is CCOc1ccc(C(=O)N2CCC(COCCOC)CC2)cc1. The number of hydrogen-bond donors (Lipinski definition) is 0. The molecule has 0 aliphatic carbocycles. The third-order valence-electron chi connectivity index (χ3n) is 4.10. The van der Waals surface area contributed by atoms with Crippen LogP contribution < -0.4 is 4.74 Å². The first-order valence-corrected chi connectivity index (χ1v) is 8.33. The summed E-state index contributed by atoms with van der Waals surface area (Å²) < 4.78 is 16.0. The maximum Gasteiger partial charge on any atom is 0.253 e. The summed E-state index contributed by atoms with van der Waals surface area (Å²) >= 11 is 0. The zero-order valence-electron chi connectivity index (χ0n) is 14.1. The number of amides is 1. The Balaban J connectivity index is 1.76. The lowest BCUT2D eigenvalue weighted by molar-refractivity contribution is 0.0327. The van der Waals surface area contributed by atoms with Crippen molar-refractivity contribution < 1.29 is 19.0 Å². The van der Waals surface area contributed by atoms with Gasteiger partial charge in [0.15, 0.2) is 0 Å². The van der Waals surface area contributed by atoms with Gasteiger partial charge in [-0.15, -0.1) is 0 Å². The van der Waals surface area contributed by atoms with Gasteiger partial charge in [-0.25, -0.2) is 0 Å². The molecule has 0 N–H and O–H groups in total. The molecule has 23 heavy (non-hydrogen) atoms. The van der Waals surface area contributed by atoms with Crippen LogP contribution in [0.5, 0.6) is 5.75 Å². The second-order valence-electron chi connectivity index (χ2n) is 5.76. The first-order chi connectivity index (χ1) is 11.2. The molecule has 5 nitrogen and oxygen atoms in total. The normalized spacial score (nSPS) is 15.7. The molecule has 2 rings (SSSR count). The van der Waals surface area contributed by atoms with Crippen molar-refractivity contribution in [2.75, 3.05) is 46.6 Å². The first kappa shape index (κ1) is 17.8. The summed E-state index contributed by atoms with van der Waals surface area (Å²) in [4.78, 5) is 14.4. The minimum atomic E-state index is 0.104. The van der Waals surface area contributed by atoms with Crippen LogP contribution in [0.3, 0.4) is 0 Å². The van der Waals surface area contributed by atoms with E-state index in [1.54, 1.807) is 7.11 Å². The highest BCUT2D eigenvalue weighted by Crippen LogP contribution is 2.20. The van der Waals surface area contributed by atoms with Crippen molar-refractivity contribution in [1.82, 2.24) is 4.90 Å². The summed E-state index contributed by atoms with van der Waals surface area (Å²) in [7, 11) is 1.67. The minimum absolute atomic E-state index is 0.104. The summed E-state index contributed by atoms with van der Waals surface area (Å²) in [5.41, 5.74) is 0.725. The fourth-order valence-electron chi connectivity index (χ4n) is 2.74. The number of benzene rings is 1. The maximum absolute atomic E-state index is 12.5. The molecule has 1 saturated heterocycles. The van der Waals surface area contributed by atoms with Gasteiger partial charge in [0.1, 0.15) is 5.75 Å². The zero-order valence-corrected chi connectivity index (χ0v) is 14.1. The molecule has 0 saturated carbocycles. The van der Waals surface area contributed by atoms with Gasteiger partial charge in [0.2, 0.25) is 0 Å². The van der Waals surface area contributed by atoms with Crippen molar-refractivity contribution >= 4 is 5.91 Å². The molecule has 1 fully saturated rings. The number of likely N-dealkylation sites (tertiary alicyclic amines) is 1. The van der Waals surface area contributed by atoms with Crippen molar-refractivity contribution in [1.29, 1.82) is 0 Å². The fraction of sp³-hybridized carbons (Fsp3) is 0.611. The molecule has 0 aromatic heterocycles. The Hall–Kier alpha value is -1.59.